The number of hydrogen-bond donors (Lipinski definition) is 2. The third-order valence-corrected chi connectivity index (χ3v) is 3.26. The van der Waals surface area contributed by atoms with Gasteiger partial charge in [-0.25, -0.2) is 0 Å². The van der Waals surface area contributed by atoms with Gasteiger partial charge in [0.1, 0.15) is 5.76 Å². The molecular weight excluding hydrogens is 232 g/mol. The number of hydrogen-bond acceptors (Lipinski definition) is 4. The molecule has 0 bridgehead atoms. The van der Waals surface area contributed by atoms with E-state index >= 15 is 0 Å². The summed E-state index contributed by atoms with van der Waals surface area (Å²) in [7, 11) is 0. The molecule has 94 valence electrons. The zero-order chi connectivity index (χ0) is 12.4. The van der Waals surface area contributed by atoms with Gasteiger partial charge in [-0.3, -0.25) is 4.79 Å². The highest BCUT2D eigenvalue weighted by molar-refractivity contribution is 5.79. The monoisotopic (exact) mass is 246 g/mol. The van der Waals surface area contributed by atoms with Gasteiger partial charge < -0.3 is 9.73 Å². The average Bonchev–Trinajstić information content (AvgIpc) is 3.05. The lowest BCUT2D eigenvalue weighted by molar-refractivity contribution is -0.125. The summed E-state index contributed by atoms with van der Waals surface area (Å²) >= 11 is 0. The predicted octanol–water partition coefficient (Wildman–Crippen LogP) is 0.819. The second kappa shape index (κ2) is 4.64. The summed E-state index contributed by atoms with van der Waals surface area (Å²) in [6, 6.07) is 3.65. The molecule has 2 aromatic heterocycles. The Hall–Kier alpha value is -2.11. The van der Waals surface area contributed by atoms with Gasteiger partial charge in [-0.2, -0.15) is 15.4 Å². The number of furan rings is 1. The minimum atomic E-state index is -0.0161. The highest BCUT2D eigenvalue weighted by Crippen LogP contribution is 2.22. The summed E-state index contributed by atoms with van der Waals surface area (Å²) in [4.78, 5) is 12.0. The maximum atomic E-state index is 12.0. The van der Waals surface area contributed by atoms with E-state index in [0.29, 0.717) is 13.0 Å². The Kier molecular flexibility index (Phi) is 2.84. The Morgan fingerprint density at radius 3 is 3.22 bits per heavy atom. The third kappa shape index (κ3) is 2.13. The summed E-state index contributed by atoms with van der Waals surface area (Å²) in [5, 5.41) is 13.6. The lowest BCUT2D eigenvalue weighted by Crippen LogP contribution is -2.33. The van der Waals surface area contributed by atoms with Crippen LogP contribution in [-0.4, -0.2) is 21.3 Å². The number of carbonyl (C=O) groups is 1. The molecule has 2 heterocycles. The van der Waals surface area contributed by atoms with Crippen molar-refractivity contribution in [1.82, 2.24) is 20.7 Å². The molecular formula is C12H14N4O2. The summed E-state index contributed by atoms with van der Waals surface area (Å²) in [5.74, 6) is 0.805. The van der Waals surface area contributed by atoms with Crippen LogP contribution in [0.3, 0.4) is 0 Å². The van der Waals surface area contributed by atoms with E-state index in [9.17, 15) is 4.79 Å². The molecule has 1 aliphatic carbocycles. The van der Waals surface area contributed by atoms with Gasteiger partial charge >= 0.3 is 0 Å². The van der Waals surface area contributed by atoms with E-state index in [1.165, 1.54) is 0 Å². The van der Waals surface area contributed by atoms with Gasteiger partial charge in [0.15, 0.2) is 0 Å². The predicted molar refractivity (Wildman–Crippen MR) is 62.5 cm³/mol. The van der Waals surface area contributed by atoms with E-state index in [1.54, 1.807) is 6.26 Å². The second-order valence-electron chi connectivity index (χ2n) is 4.45. The fourth-order valence-corrected chi connectivity index (χ4v) is 2.24. The maximum Gasteiger partial charge on any atom is 0.223 e. The lowest BCUT2D eigenvalue weighted by atomic mass is 9.89. The van der Waals surface area contributed by atoms with Crippen molar-refractivity contribution in [3.63, 3.8) is 0 Å². The Morgan fingerprint density at radius 1 is 1.50 bits per heavy atom. The first-order valence-electron chi connectivity index (χ1n) is 6.01. The highest BCUT2D eigenvalue weighted by atomic mass is 16.3. The summed E-state index contributed by atoms with van der Waals surface area (Å²) in [6.45, 7) is 0.438. The molecule has 0 spiro atoms. The van der Waals surface area contributed by atoms with Crippen molar-refractivity contribution in [2.75, 3.05) is 0 Å². The van der Waals surface area contributed by atoms with Crippen LogP contribution in [0.15, 0.2) is 22.8 Å². The molecule has 0 saturated carbocycles. The maximum absolute atomic E-state index is 12.0. The van der Waals surface area contributed by atoms with Crippen LogP contribution in [0.5, 0.6) is 0 Å². The van der Waals surface area contributed by atoms with Crippen molar-refractivity contribution in [3.8, 4) is 0 Å². The number of nitrogens with zero attached hydrogens (tertiary/aromatic N) is 2. The van der Waals surface area contributed by atoms with Gasteiger partial charge in [0.25, 0.3) is 0 Å². The molecule has 2 aromatic rings. The topological polar surface area (TPSA) is 83.8 Å². The minimum absolute atomic E-state index is 0.0161. The van der Waals surface area contributed by atoms with Crippen LogP contribution in [0.1, 0.15) is 23.6 Å². The largest absolute Gasteiger partial charge is 0.467 e. The van der Waals surface area contributed by atoms with Crippen LogP contribution in [0.2, 0.25) is 0 Å². The molecule has 0 aromatic carbocycles. The molecule has 1 amide bonds. The number of amides is 1. The number of rotatable bonds is 3. The molecule has 0 radical (unpaired) electrons. The number of fused-ring (bicyclic) bond motifs is 1. The van der Waals surface area contributed by atoms with Gasteiger partial charge in [0.2, 0.25) is 5.91 Å². The van der Waals surface area contributed by atoms with Crippen molar-refractivity contribution in [3.05, 3.63) is 35.5 Å². The number of nitrogens with one attached hydrogen (secondary N) is 2. The number of carbonyl (C=O) groups excluding carboxylic acids is 1. The van der Waals surface area contributed by atoms with Crippen molar-refractivity contribution < 1.29 is 9.21 Å². The third-order valence-electron chi connectivity index (χ3n) is 3.26. The smallest absolute Gasteiger partial charge is 0.223 e. The first-order valence-corrected chi connectivity index (χ1v) is 6.01. The number of aromatic amines is 1. The van der Waals surface area contributed by atoms with E-state index < -0.39 is 0 Å². The molecule has 0 aliphatic heterocycles. The first-order chi connectivity index (χ1) is 8.83. The van der Waals surface area contributed by atoms with Crippen molar-refractivity contribution in [1.29, 1.82) is 0 Å². The van der Waals surface area contributed by atoms with Crippen LogP contribution in [0, 0.1) is 5.92 Å². The van der Waals surface area contributed by atoms with E-state index in [-0.39, 0.29) is 11.8 Å². The molecule has 3 rings (SSSR count). The molecule has 6 nitrogen and oxygen atoms in total. The van der Waals surface area contributed by atoms with Crippen molar-refractivity contribution in [2.24, 2.45) is 5.92 Å². The molecule has 1 atom stereocenters. The Morgan fingerprint density at radius 2 is 2.39 bits per heavy atom. The molecule has 0 fully saturated rings. The Balaban J connectivity index is 1.57. The normalized spacial score (nSPS) is 18.3. The van der Waals surface area contributed by atoms with Gasteiger partial charge in [0.05, 0.1) is 24.2 Å². The highest BCUT2D eigenvalue weighted by Gasteiger charge is 2.26. The van der Waals surface area contributed by atoms with Gasteiger partial charge in [-0.15, -0.1) is 0 Å². The molecule has 18 heavy (non-hydrogen) atoms. The summed E-state index contributed by atoms with van der Waals surface area (Å²) in [5.41, 5.74) is 1.91. The van der Waals surface area contributed by atoms with Crippen molar-refractivity contribution in [2.45, 2.75) is 25.8 Å². The SMILES string of the molecule is O=C(NCc1ccco1)C1CCc2n[nH]nc2C1. The Bertz CT molecular complexity index is 532. The molecule has 2 N–H and O–H groups in total. The number of H-pyrrole nitrogens is 1. The second-order valence-corrected chi connectivity index (χ2v) is 4.45. The minimum Gasteiger partial charge on any atom is -0.467 e. The quantitative estimate of drug-likeness (QED) is 0.839. The number of aromatic nitrogens is 3. The summed E-state index contributed by atoms with van der Waals surface area (Å²) < 4.78 is 5.17. The van der Waals surface area contributed by atoms with E-state index in [2.05, 4.69) is 20.7 Å². The van der Waals surface area contributed by atoms with Crippen LogP contribution in [0.4, 0.5) is 0 Å². The van der Waals surface area contributed by atoms with Gasteiger partial charge in [0, 0.05) is 12.3 Å². The standard InChI is InChI=1S/C12H14N4O2/c17-12(13-7-9-2-1-5-18-9)8-3-4-10-11(6-8)15-16-14-10/h1-2,5,8H,3-4,6-7H2,(H,13,17)(H,14,15,16). The van der Waals surface area contributed by atoms with Crippen LogP contribution in [-0.2, 0) is 24.2 Å². The zero-order valence-corrected chi connectivity index (χ0v) is 9.85. The zero-order valence-electron chi connectivity index (χ0n) is 9.85. The van der Waals surface area contributed by atoms with Crippen LogP contribution < -0.4 is 5.32 Å². The molecule has 6 heteroatoms. The first kappa shape index (κ1) is 11.0. The van der Waals surface area contributed by atoms with Crippen LogP contribution in [0.25, 0.3) is 0 Å². The van der Waals surface area contributed by atoms with Gasteiger partial charge in [-0.1, -0.05) is 0 Å². The van der Waals surface area contributed by atoms with E-state index in [4.69, 9.17) is 4.42 Å². The lowest BCUT2D eigenvalue weighted by Gasteiger charge is -2.19. The number of aryl methyl sites for hydroxylation is 1. The molecule has 1 unspecified atom stereocenters. The van der Waals surface area contributed by atoms with Crippen LogP contribution >= 0.6 is 0 Å². The fourth-order valence-electron chi connectivity index (χ4n) is 2.24. The molecule has 0 saturated heterocycles. The van der Waals surface area contributed by atoms with E-state index in [0.717, 1.165) is 30.0 Å². The van der Waals surface area contributed by atoms with E-state index in [1.807, 2.05) is 12.1 Å². The average molecular weight is 246 g/mol. The fraction of sp³-hybridized carbons (Fsp3) is 0.417. The Labute approximate surface area is 104 Å². The molecule has 1 aliphatic rings. The summed E-state index contributed by atoms with van der Waals surface area (Å²) in [6.07, 6.45) is 3.90. The van der Waals surface area contributed by atoms with Crippen molar-refractivity contribution >= 4 is 5.91 Å². The van der Waals surface area contributed by atoms with Gasteiger partial charge in [-0.05, 0) is 25.0 Å².